The van der Waals surface area contributed by atoms with Crippen molar-refractivity contribution in [2.24, 2.45) is 0 Å². The zero-order valence-corrected chi connectivity index (χ0v) is 7.63. The highest BCUT2D eigenvalue weighted by Crippen LogP contribution is 2.17. The van der Waals surface area contributed by atoms with E-state index in [1.807, 2.05) is 26.0 Å². The second kappa shape index (κ2) is 3.85. The van der Waals surface area contributed by atoms with E-state index in [2.05, 4.69) is 5.32 Å². The fourth-order valence-corrected chi connectivity index (χ4v) is 1.05. The Hall–Kier alpha value is -1.64. The van der Waals surface area contributed by atoms with Crippen molar-refractivity contribution in [3.05, 3.63) is 29.3 Å². The second-order valence-electron chi connectivity index (χ2n) is 2.85. The lowest BCUT2D eigenvalue weighted by atomic mass is 10.1. The molecule has 1 aromatic rings. The first-order valence-electron chi connectivity index (χ1n) is 3.97. The van der Waals surface area contributed by atoms with Gasteiger partial charge in [0.2, 0.25) is 6.29 Å². The topological polar surface area (TPSA) is 46.2 Å². The molecule has 1 amide bonds. The number of hydrogen-bond donors (Lipinski definition) is 1. The monoisotopic (exact) mass is 177 g/mol. The summed E-state index contributed by atoms with van der Waals surface area (Å²) < 4.78 is 0. The molecular formula is C10H11NO2. The van der Waals surface area contributed by atoms with E-state index < -0.39 is 5.91 Å². The number of carbonyl (C=O) groups excluding carboxylic acids is 2. The first-order chi connectivity index (χ1) is 6.15. The number of carbonyl (C=O) groups is 2. The van der Waals surface area contributed by atoms with Gasteiger partial charge < -0.3 is 5.32 Å². The van der Waals surface area contributed by atoms with Crippen LogP contribution in [0.15, 0.2) is 18.2 Å². The van der Waals surface area contributed by atoms with Crippen LogP contribution in [0.25, 0.3) is 0 Å². The molecule has 68 valence electrons. The summed E-state index contributed by atoms with van der Waals surface area (Å²) in [5.41, 5.74) is 2.76. The van der Waals surface area contributed by atoms with E-state index in [9.17, 15) is 9.59 Å². The van der Waals surface area contributed by atoms with Crippen LogP contribution in [0.5, 0.6) is 0 Å². The predicted molar refractivity (Wildman–Crippen MR) is 50.6 cm³/mol. The Labute approximate surface area is 76.8 Å². The van der Waals surface area contributed by atoms with Crippen LogP contribution in [-0.2, 0) is 9.59 Å². The molecular weight excluding hydrogens is 166 g/mol. The predicted octanol–water partition coefficient (Wildman–Crippen LogP) is 1.44. The highest BCUT2D eigenvalue weighted by atomic mass is 16.2. The number of amides is 1. The lowest BCUT2D eigenvalue weighted by molar-refractivity contribution is -0.127. The van der Waals surface area contributed by atoms with Crippen molar-refractivity contribution in [1.82, 2.24) is 0 Å². The number of hydrogen-bond acceptors (Lipinski definition) is 2. The molecule has 0 aromatic heterocycles. The van der Waals surface area contributed by atoms with Gasteiger partial charge in [0.25, 0.3) is 5.91 Å². The SMILES string of the molecule is Cc1cccc(NC(=O)C=O)c1C. The minimum Gasteiger partial charge on any atom is -0.319 e. The van der Waals surface area contributed by atoms with Crippen LogP contribution in [-0.4, -0.2) is 12.2 Å². The Morgan fingerprint density at radius 3 is 2.69 bits per heavy atom. The van der Waals surface area contributed by atoms with E-state index in [-0.39, 0.29) is 6.29 Å². The van der Waals surface area contributed by atoms with Crippen LogP contribution < -0.4 is 5.32 Å². The molecule has 0 saturated heterocycles. The van der Waals surface area contributed by atoms with Crippen LogP contribution in [0, 0.1) is 13.8 Å². The van der Waals surface area contributed by atoms with Crippen LogP contribution in [0.3, 0.4) is 0 Å². The number of benzene rings is 1. The van der Waals surface area contributed by atoms with Gasteiger partial charge in [-0.1, -0.05) is 12.1 Å². The summed E-state index contributed by atoms with van der Waals surface area (Å²) >= 11 is 0. The maximum Gasteiger partial charge on any atom is 0.288 e. The van der Waals surface area contributed by atoms with Gasteiger partial charge in [-0.25, -0.2) is 0 Å². The standard InChI is InChI=1S/C10H11NO2/c1-7-4-3-5-9(8(7)2)11-10(13)6-12/h3-6H,1-2H3,(H,11,13). The van der Waals surface area contributed by atoms with Crippen LogP contribution in [0.4, 0.5) is 5.69 Å². The Balaban J connectivity index is 2.95. The average Bonchev–Trinajstić information content (AvgIpc) is 2.13. The van der Waals surface area contributed by atoms with E-state index in [1.165, 1.54) is 0 Å². The normalized spacial score (nSPS) is 9.38. The van der Waals surface area contributed by atoms with Crippen molar-refractivity contribution in [3.8, 4) is 0 Å². The zero-order valence-electron chi connectivity index (χ0n) is 7.63. The van der Waals surface area contributed by atoms with E-state index >= 15 is 0 Å². The Morgan fingerprint density at radius 1 is 1.38 bits per heavy atom. The summed E-state index contributed by atoms with van der Waals surface area (Å²) in [5.74, 6) is -0.617. The summed E-state index contributed by atoms with van der Waals surface area (Å²) in [5, 5.41) is 2.49. The van der Waals surface area contributed by atoms with Crippen LogP contribution in [0.2, 0.25) is 0 Å². The molecule has 0 heterocycles. The van der Waals surface area contributed by atoms with Gasteiger partial charge in [-0.05, 0) is 31.0 Å². The summed E-state index contributed by atoms with van der Waals surface area (Å²) in [7, 11) is 0. The molecule has 0 atom stereocenters. The highest BCUT2D eigenvalue weighted by molar-refractivity contribution is 6.29. The molecule has 3 nitrogen and oxygen atoms in total. The summed E-state index contributed by atoms with van der Waals surface area (Å²) in [4.78, 5) is 20.9. The molecule has 0 unspecified atom stereocenters. The smallest absolute Gasteiger partial charge is 0.288 e. The zero-order chi connectivity index (χ0) is 9.84. The first kappa shape index (κ1) is 9.45. The third-order valence-corrected chi connectivity index (χ3v) is 1.97. The number of rotatable bonds is 2. The summed E-state index contributed by atoms with van der Waals surface area (Å²) in [6.07, 6.45) is 0.266. The van der Waals surface area contributed by atoms with Gasteiger partial charge in [0, 0.05) is 5.69 Å². The third-order valence-electron chi connectivity index (χ3n) is 1.97. The molecule has 0 saturated carbocycles. The third kappa shape index (κ3) is 2.15. The summed E-state index contributed by atoms with van der Waals surface area (Å²) in [6, 6.07) is 5.55. The molecule has 13 heavy (non-hydrogen) atoms. The van der Waals surface area contributed by atoms with Crippen molar-refractivity contribution >= 4 is 17.9 Å². The van der Waals surface area contributed by atoms with Crippen molar-refractivity contribution in [1.29, 1.82) is 0 Å². The van der Waals surface area contributed by atoms with Gasteiger partial charge in [0.15, 0.2) is 0 Å². The molecule has 0 aliphatic heterocycles. The molecule has 0 spiro atoms. The van der Waals surface area contributed by atoms with Crippen molar-refractivity contribution in [2.45, 2.75) is 13.8 Å². The van der Waals surface area contributed by atoms with Gasteiger partial charge >= 0.3 is 0 Å². The van der Waals surface area contributed by atoms with E-state index in [0.29, 0.717) is 5.69 Å². The van der Waals surface area contributed by atoms with Crippen LogP contribution >= 0.6 is 0 Å². The van der Waals surface area contributed by atoms with Gasteiger partial charge in [0.1, 0.15) is 0 Å². The molecule has 1 rings (SSSR count). The molecule has 3 heteroatoms. The van der Waals surface area contributed by atoms with E-state index in [4.69, 9.17) is 0 Å². The number of nitrogens with one attached hydrogen (secondary N) is 1. The fraction of sp³-hybridized carbons (Fsp3) is 0.200. The minimum atomic E-state index is -0.617. The molecule has 0 aliphatic rings. The molecule has 1 N–H and O–H groups in total. The number of aryl methyl sites for hydroxylation is 1. The second-order valence-corrected chi connectivity index (χ2v) is 2.85. The molecule has 0 radical (unpaired) electrons. The average molecular weight is 177 g/mol. The van der Waals surface area contributed by atoms with Crippen molar-refractivity contribution < 1.29 is 9.59 Å². The molecule has 0 bridgehead atoms. The largest absolute Gasteiger partial charge is 0.319 e. The van der Waals surface area contributed by atoms with Gasteiger partial charge in [-0.2, -0.15) is 0 Å². The Bertz CT molecular complexity index is 345. The van der Waals surface area contributed by atoms with E-state index in [1.54, 1.807) is 6.07 Å². The van der Waals surface area contributed by atoms with Crippen molar-refractivity contribution in [3.63, 3.8) is 0 Å². The molecule has 1 aromatic carbocycles. The Morgan fingerprint density at radius 2 is 2.08 bits per heavy atom. The van der Waals surface area contributed by atoms with Crippen molar-refractivity contribution in [2.75, 3.05) is 5.32 Å². The lowest BCUT2D eigenvalue weighted by Gasteiger charge is -2.07. The highest BCUT2D eigenvalue weighted by Gasteiger charge is 2.03. The van der Waals surface area contributed by atoms with Gasteiger partial charge in [-0.15, -0.1) is 0 Å². The minimum absolute atomic E-state index is 0.266. The van der Waals surface area contributed by atoms with Gasteiger partial charge in [0.05, 0.1) is 0 Å². The quantitative estimate of drug-likeness (QED) is 0.548. The molecule has 0 aliphatic carbocycles. The lowest BCUT2D eigenvalue weighted by Crippen LogP contribution is -2.13. The Kier molecular flexibility index (Phi) is 2.80. The first-order valence-corrected chi connectivity index (χ1v) is 3.97. The molecule has 0 fully saturated rings. The number of anilines is 1. The van der Waals surface area contributed by atoms with Crippen LogP contribution in [0.1, 0.15) is 11.1 Å². The maximum atomic E-state index is 10.8. The number of aldehydes is 1. The summed E-state index contributed by atoms with van der Waals surface area (Å²) in [6.45, 7) is 3.85. The maximum absolute atomic E-state index is 10.8. The fourth-order valence-electron chi connectivity index (χ4n) is 1.05. The van der Waals surface area contributed by atoms with Gasteiger partial charge in [-0.3, -0.25) is 9.59 Å². The van der Waals surface area contributed by atoms with E-state index in [0.717, 1.165) is 11.1 Å².